The maximum atomic E-state index is 13.1. The second kappa shape index (κ2) is 12.7. The van der Waals surface area contributed by atoms with Gasteiger partial charge in [0.25, 0.3) is 5.91 Å². The number of fused-ring (bicyclic) bond motifs is 3. The van der Waals surface area contributed by atoms with Crippen molar-refractivity contribution in [2.24, 2.45) is 5.92 Å². The van der Waals surface area contributed by atoms with E-state index in [1.54, 1.807) is 24.3 Å². The molecule has 3 heterocycles. The summed E-state index contributed by atoms with van der Waals surface area (Å²) in [6.45, 7) is 6.08. The highest BCUT2D eigenvalue weighted by Crippen LogP contribution is 2.30. The number of alkyl carbamates (subject to hydrolysis) is 1. The van der Waals surface area contributed by atoms with E-state index in [2.05, 4.69) is 15.5 Å². The molecule has 3 aliphatic rings. The fourth-order valence-electron chi connectivity index (χ4n) is 5.45. The van der Waals surface area contributed by atoms with E-state index < -0.39 is 29.6 Å². The number of ether oxygens (including phenoxy) is 2. The molecule has 3 aromatic rings. The van der Waals surface area contributed by atoms with Crippen molar-refractivity contribution in [2.75, 3.05) is 19.6 Å². The van der Waals surface area contributed by atoms with Crippen molar-refractivity contribution < 1.29 is 29.0 Å². The van der Waals surface area contributed by atoms with Gasteiger partial charge in [0.1, 0.15) is 24.0 Å². The monoisotopic (exact) mass is 571 g/mol. The summed E-state index contributed by atoms with van der Waals surface area (Å²) >= 11 is 0. The summed E-state index contributed by atoms with van der Waals surface area (Å²) in [5.74, 6) is -0.522. The van der Waals surface area contributed by atoms with Crippen LogP contribution in [0.5, 0.6) is 5.75 Å². The second-order valence-electron chi connectivity index (χ2n) is 11.5. The van der Waals surface area contributed by atoms with Crippen molar-refractivity contribution in [1.29, 1.82) is 0 Å². The lowest BCUT2D eigenvalue weighted by Crippen LogP contribution is -2.52. The Kier molecular flexibility index (Phi) is 8.77. The molecule has 42 heavy (non-hydrogen) atoms. The van der Waals surface area contributed by atoms with Crippen LogP contribution in [0.4, 0.5) is 4.79 Å². The molecule has 0 aromatic heterocycles. The lowest BCUT2D eigenvalue weighted by Gasteiger charge is -2.43. The largest absolute Gasteiger partial charge is 0.489 e. The van der Waals surface area contributed by atoms with Crippen LogP contribution in [-0.2, 0) is 16.1 Å². The zero-order valence-corrected chi connectivity index (χ0v) is 23.9. The second-order valence-corrected chi connectivity index (χ2v) is 11.5. The van der Waals surface area contributed by atoms with E-state index in [0.717, 1.165) is 49.2 Å². The lowest BCUT2D eigenvalue weighted by molar-refractivity contribution is -0.143. The van der Waals surface area contributed by atoms with Crippen LogP contribution in [0, 0.1) is 5.92 Å². The van der Waals surface area contributed by atoms with Crippen LogP contribution in [0.1, 0.15) is 59.8 Å². The Bertz CT molecular complexity index is 1400. The van der Waals surface area contributed by atoms with Crippen molar-refractivity contribution in [1.82, 2.24) is 15.5 Å². The van der Waals surface area contributed by atoms with Gasteiger partial charge in [0.2, 0.25) is 0 Å². The number of carbonyl (C=O) groups is 3. The molecule has 9 nitrogen and oxygen atoms in total. The highest BCUT2D eigenvalue weighted by atomic mass is 16.6. The Labute approximate surface area is 245 Å². The first-order chi connectivity index (χ1) is 20.2. The minimum absolute atomic E-state index is 0.0836. The molecule has 0 radical (unpaired) electrons. The third kappa shape index (κ3) is 7.09. The Balaban J connectivity index is 1.24. The van der Waals surface area contributed by atoms with E-state index >= 15 is 0 Å². The molecule has 0 spiro atoms. The summed E-state index contributed by atoms with van der Waals surface area (Å²) in [5.41, 5.74) is 1.61. The van der Waals surface area contributed by atoms with Gasteiger partial charge in [0.15, 0.2) is 0 Å². The maximum Gasteiger partial charge on any atom is 0.408 e. The smallest absolute Gasteiger partial charge is 0.408 e. The van der Waals surface area contributed by atoms with Crippen LogP contribution in [-0.4, -0.2) is 59.3 Å². The lowest BCUT2D eigenvalue weighted by atomic mass is 9.86. The SMILES string of the molecule is CC(C)(NC(=O)c1ccc(COc2cccc([C@@H](NC(=O)OC3CN4CCC3CC4)c3ccccc3)c2)cc1)C(=O)O. The number of rotatable bonds is 10. The normalized spacial score (nSPS) is 20.3. The van der Waals surface area contributed by atoms with Gasteiger partial charge in [-0.05, 0) is 86.7 Å². The van der Waals surface area contributed by atoms with Gasteiger partial charge in [-0.15, -0.1) is 0 Å². The van der Waals surface area contributed by atoms with E-state index in [9.17, 15) is 19.5 Å². The van der Waals surface area contributed by atoms with Crippen LogP contribution in [0.2, 0.25) is 0 Å². The summed E-state index contributed by atoms with van der Waals surface area (Å²) in [5, 5.41) is 14.8. The van der Waals surface area contributed by atoms with Gasteiger partial charge in [-0.3, -0.25) is 9.69 Å². The van der Waals surface area contributed by atoms with E-state index in [0.29, 0.717) is 17.2 Å². The summed E-state index contributed by atoms with van der Waals surface area (Å²) in [7, 11) is 0. The molecular formula is C33H37N3O6. The summed E-state index contributed by atoms with van der Waals surface area (Å²) < 4.78 is 12.0. The fraction of sp³-hybridized carbons (Fsp3) is 0.364. The Morgan fingerprint density at radius 1 is 0.952 bits per heavy atom. The van der Waals surface area contributed by atoms with Crippen molar-refractivity contribution in [3.63, 3.8) is 0 Å². The number of amides is 2. The molecule has 1 unspecified atom stereocenters. The summed E-state index contributed by atoms with van der Waals surface area (Å²) in [6.07, 6.45) is 1.63. The van der Waals surface area contributed by atoms with Crippen molar-refractivity contribution >= 4 is 18.0 Å². The Morgan fingerprint density at radius 3 is 2.29 bits per heavy atom. The topological polar surface area (TPSA) is 117 Å². The van der Waals surface area contributed by atoms with Crippen molar-refractivity contribution in [3.05, 3.63) is 101 Å². The van der Waals surface area contributed by atoms with Crippen molar-refractivity contribution in [3.8, 4) is 5.75 Å². The average molecular weight is 572 g/mol. The molecule has 9 heteroatoms. The average Bonchev–Trinajstić information content (AvgIpc) is 3.00. The minimum atomic E-state index is -1.37. The molecule has 2 atom stereocenters. The predicted molar refractivity (Wildman–Crippen MR) is 157 cm³/mol. The van der Waals surface area contributed by atoms with Crippen LogP contribution >= 0.6 is 0 Å². The number of hydrogen-bond acceptors (Lipinski definition) is 6. The van der Waals surface area contributed by atoms with Crippen LogP contribution in [0.25, 0.3) is 0 Å². The molecule has 3 aliphatic heterocycles. The number of carbonyl (C=O) groups excluding carboxylic acids is 2. The number of carboxylic acids is 1. The molecule has 6 rings (SSSR count). The predicted octanol–water partition coefficient (Wildman–Crippen LogP) is 4.77. The first-order valence-electron chi connectivity index (χ1n) is 14.3. The fourth-order valence-corrected chi connectivity index (χ4v) is 5.45. The van der Waals surface area contributed by atoms with Crippen LogP contribution in [0.3, 0.4) is 0 Å². The molecule has 3 fully saturated rings. The number of aliphatic carboxylic acids is 1. The Hall–Kier alpha value is -4.37. The maximum absolute atomic E-state index is 13.1. The van der Waals surface area contributed by atoms with Gasteiger partial charge < -0.3 is 25.2 Å². The van der Waals surface area contributed by atoms with Gasteiger partial charge in [0, 0.05) is 12.1 Å². The highest BCUT2D eigenvalue weighted by molar-refractivity contribution is 5.97. The number of nitrogens with one attached hydrogen (secondary N) is 2. The zero-order valence-electron chi connectivity index (χ0n) is 23.9. The molecule has 2 bridgehead atoms. The molecule has 3 saturated heterocycles. The third-order valence-corrected chi connectivity index (χ3v) is 8.02. The van der Waals surface area contributed by atoms with Gasteiger partial charge >= 0.3 is 12.1 Å². The molecular weight excluding hydrogens is 534 g/mol. The molecule has 3 aromatic carbocycles. The van der Waals surface area contributed by atoms with Gasteiger partial charge in [-0.2, -0.15) is 0 Å². The molecule has 0 saturated carbocycles. The zero-order chi connectivity index (χ0) is 29.7. The molecule has 0 aliphatic carbocycles. The summed E-state index contributed by atoms with van der Waals surface area (Å²) in [6, 6.07) is 23.8. The number of carboxylic acid groups (broad SMARTS) is 1. The van der Waals surface area contributed by atoms with Crippen LogP contribution < -0.4 is 15.4 Å². The molecule has 2 amide bonds. The number of piperidine rings is 3. The summed E-state index contributed by atoms with van der Waals surface area (Å²) in [4.78, 5) is 39.2. The first-order valence-corrected chi connectivity index (χ1v) is 14.3. The highest BCUT2D eigenvalue weighted by Gasteiger charge is 2.37. The number of benzene rings is 3. The van der Waals surface area contributed by atoms with E-state index in [1.165, 1.54) is 13.8 Å². The van der Waals surface area contributed by atoms with Crippen molar-refractivity contribution in [2.45, 2.75) is 51.0 Å². The van der Waals surface area contributed by atoms with Crippen LogP contribution in [0.15, 0.2) is 78.9 Å². The molecule has 3 N–H and O–H groups in total. The van der Waals surface area contributed by atoms with Gasteiger partial charge in [-0.1, -0.05) is 54.6 Å². The van der Waals surface area contributed by atoms with E-state index in [-0.39, 0.29) is 12.7 Å². The van der Waals surface area contributed by atoms with E-state index in [4.69, 9.17) is 9.47 Å². The molecule has 220 valence electrons. The van der Waals surface area contributed by atoms with Gasteiger partial charge in [0.05, 0.1) is 6.04 Å². The first kappa shape index (κ1) is 29.1. The minimum Gasteiger partial charge on any atom is -0.489 e. The number of hydrogen-bond donors (Lipinski definition) is 3. The number of nitrogens with zero attached hydrogens (tertiary/aromatic N) is 1. The third-order valence-electron chi connectivity index (χ3n) is 8.02. The quantitative estimate of drug-likeness (QED) is 0.321. The standard InChI is InChI=1S/C33H37N3O6/c1-33(2,31(38)39)35-30(37)25-13-11-22(12-14-25)21-41-27-10-6-9-26(19-27)29(24-7-4-3-5-8-24)34-32(40)42-28-20-36-17-15-23(28)16-18-36/h3-14,19,23,28-29H,15-18,20-21H2,1-2H3,(H,34,40)(H,35,37)(H,38,39)/t28?,29-/m0/s1. The Morgan fingerprint density at radius 2 is 1.64 bits per heavy atom. The van der Waals surface area contributed by atoms with Gasteiger partial charge in [-0.25, -0.2) is 9.59 Å². The van der Waals surface area contributed by atoms with E-state index in [1.807, 2.05) is 54.6 Å².